The Morgan fingerprint density at radius 2 is 2.05 bits per heavy atom. The average Bonchev–Trinajstić information content (AvgIpc) is 3.47. The first-order valence-electron chi connectivity index (χ1n) is 11.8. The van der Waals surface area contributed by atoms with E-state index in [9.17, 15) is 24.6 Å². The maximum absolute atomic E-state index is 13.1. The molecule has 9 nitrogen and oxygen atoms in total. The van der Waals surface area contributed by atoms with Gasteiger partial charge in [0.1, 0.15) is 21.9 Å². The van der Waals surface area contributed by atoms with Crippen LogP contribution in [0.3, 0.4) is 0 Å². The van der Waals surface area contributed by atoms with Gasteiger partial charge in [-0.2, -0.15) is 0 Å². The molecule has 11 heteroatoms. The fraction of sp³-hybridized carbons (Fsp3) is 0.385. The number of benzene rings is 1. The number of aliphatic carboxylic acids is 1. The number of amides is 1. The molecule has 1 saturated heterocycles. The quantitative estimate of drug-likeness (QED) is 0.252. The number of carbonyl (C=O) groups excluding carboxylic acids is 2. The van der Waals surface area contributed by atoms with Crippen LogP contribution in [0.4, 0.5) is 0 Å². The number of aromatic nitrogens is 2. The Balaban J connectivity index is 1.55. The zero-order valence-corrected chi connectivity index (χ0v) is 22.4. The predicted molar refractivity (Wildman–Crippen MR) is 139 cm³/mol. The highest BCUT2D eigenvalue weighted by Crippen LogP contribution is 2.60. The fourth-order valence-electron chi connectivity index (χ4n) is 5.60. The zero-order chi connectivity index (χ0) is 26.6. The molecule has 4 heterocycles. The van der Waals surface area contributed by atoms with Gasteiger partial charge in [0, 0.05) is 17.2 Å². The van der Waals surface area contributed by atoms with E-state index in [0.29, 0.717) is 16.0 Å². The number of carbonyl (C=O) groups is 3. The van der Waals surface area contributed by atoms with E-state index in [2.05, 4.69) is 4.98 Å². The fourth-order valence-corrected chi connectivity index (χ4v) is 7.56. The van der Waals surface area contributed by atoms with Crippen LogP contribution in [0.15, 0.2) is 47.5 Å². The number of nitrogens with zero attached hydrogens (tertiary/aromatic N) is 3. The summed E-state index contributed by atoms with van der Waals surface area (Å²) in [4.78, 5) is 45.6. The Kier molecular flexibility index (Phi) is 6.41. The first kappa shape index (κ1) is 25.5. The monoisotopic (exact) mass is 541 g/mol. The van der Waals surface area contributed by atoms with E-state index in [-0.39, 0.29) is 18.7 Å². The number of aliphatic hydroxyl groups is 1. The topological polar surface area (TPSA) is 121 Å². The summed E-state index contributed by atoms with van der Waals surface area (Å²) < 4.78 is 7.48. The highest BCUT2D eigenvalue weighted by atomic mass is 32.2. The Labute approximate surface area is 221 Å². The number of β-lactam (4-membered cyclic amide) rings is 1. The van der Waals surface area contributed by atoms with Crippen LogP contribution in [0, 0.1) is 18.3 Å². The molecule has 4 atom stereocenters. The minimum absolute atomic E-state index is 0.0208. The first-order chi connectivity index (χ1) is 17.6. The van der Waals surface area contributed by atoms with Crippen molar-refractivity contribution >= 4 is 51.3 Å². The van der Waals surface area contributed by atoms with Gasteiger partial charge < -0.3 is 19.8 Å². The predicted octanol–water partition coefficient (Wildman–Crippen LogP) is 3.70. The number of carboxylic acids is 1. The molecule has 37 heavy (non-hydrogen) atoms. The molecule has 2 aromatic heterocycles. The maximum Gasteiger partial charge on any atom is 0.352 e. The summed E-state index contributed by atoms with van der Waals surface area (Å²) in [6.45, 7) is 5.29. The van der Waals surface area contributed by atoms with Gasteiger partial charge in [-0.3, -0.25) is 9.20 Å². The normalized spacial score (nSPS) is 23.8. The molecular weight excluding hydrogens is 514 g/mol. The van der Waals surface area contributed by atoms with Crippen molar-refractivity contribution in [3.63, 3.8) is 0 Å². The molecule has 1 aromatic carbocycles. The minimum Gasteiger partial charge on any atom is -0.477 e. The van der Waals surface area contributed by atoms with Gasteiger partial charge in [-0.25, -0.2) is 14.6 Å². The third-order valence-electron chi connectivity index (χ3n) is 7.40. The van der Waals surface area contributed by atoms with Crippen LogP contribution in [0.5, 0.6) is 0 Å². The van der Waals surface area contributed by atoms with Crippen molar-refractivity contribution in [2.45, 2.75) is 44.4 Å². The summed E-state index contributed by atoms with van der Waals surface area (Å²) in [6, 6.07) is 6.57. The number of fused-ring (bicyclic) bond motifs is 2. The van der Waals surface area contributed by atoms with Crippen LogP contribution < -0.4 is 0 Å². The number of ether oxygens (including phenoxy) is 1. The lowest BCUT2D eigenvalue weighted by Gasteiger charge is -2.50. The number of hydrogen-bond acceptors (Lipinski definition) is 8. The average molecular weight is 542 g/mol. The zero-order valence-electron chi connectivity index (χ0n) is 20.8. The third kappa shape index (κ3) is 3.87. The second kappa shape index (κ2) is 9.30. The lowest BCUT2D eigenvalue weighted by atomic mass is 9.65. The molecule has 1 fully saturated rings. The van der Waals surface area contributed by atoms with Gasteiger partial charge in [-0.05, 0) is 38.2 Å². The Morgan fingerprint density at radius 1 is 1.32 bits per heavy atom. The first-order valence-corrected chi connectivity index (χ1v) is 13.9. The number of aliphatic hydroxyl groups excluding tert-OH is 1. The molecule has 3 aromatic rings. The number of rotatable bonds is 8. The molecule has 0 bridgehead atoms. The molecule has 5 rings (SSSR count). The Bertz CT molecular complexity index is 1460. The van der Waals surface area contributed by atoms with E-state index >= 15 is 0 Å². The van der Waals surface area contributed by atoms with Crippen molar-refractivity contribution in [1.29, 1.82) is 0 Å². The molecule has 0 saturated carbocycles. The summed E-state index contributed by atoms with van der Waals surface area (Å²) in [5.41, 5.74) is 0.808. The maximum atomic E-state index is 13.1. The van der Waals surface area contributed by atoms with Gasteiger partial charge in [0.05, 0.1) is 35.1 Å². The van der Waals surface area contributed by atoms with Crippen LogP contribution >= 0.6 is 23.1 Å². The second-order valence-electron chi connectivity index (χ2n) is 9.63. The molecule has 2 N–H and O–H groups in total. The number of carboxylic acid groups (broad SMARTS) is 1. The molecule has 0 aliphatic carbocycles. The van der Waals surface area contributed by atoms with E-state index in [4.69, 9.17) is 4.74 Å². The standard InChI is InChI=1S/C26H27N3O6S2/c1-13-7-5-6-8-15(13)25(34)35-10-9-26(3)18(16-11-28-12-27-21(36-4)23(28)37-16)19(24(32)33)29-20(26)17(14(2)30)22(29)31/h5-8,11-12,14,17,20,30H,9-10H2,1-4H3,(H,32,33)/t14-,17-,20-,26?/m1/s1. The molecule has 194 valence electrons. The molecule has 0 spiro atoms. The molecular formula is C26H27N3O6S2. The summed E-state index contributed by atoms with van der Waals surface area (Å²) in [5.74, 6) is -2.83. The van der Waals surface area contributed by atoms with Gasteiger partial charge in [-0.15, -0.1) is 23.1 Å². The van der Waals surface area contributed by atoms with Gasteiger partial charge in [0.2, 0.25) is 5.91 Å². The van der Waals surface area contributed by atoms with E-state index < -0.39 is 41.3 Å². The Morgan fingerprint density at radius 3 is 2.70 bits per heavy atom. The van der Waals surface area contributed by atoms with Gasteiger partial charge in [-0.1, -0.05) is 25.1 Å². The van der Waals surface area contributed by atoms with E-state index in [0.717, 1.165) is 15.4 Å². The van der Waals surface area contributed by atoms with Crippen molar-refractivity contribution in [1.82, 2.24) is 14.3 Å². The van der Waals surface area contributed by atoms with E-state index in [1.54, 1.807) is 25.4 Å². The van der Waals surface area contributed by atoms with Crippen LogP contribution in [-0.2, 0) is 14.3 Å². The number of thioether (sulfide) groups is 1. The van der Waals surface area contributed by atoms with Crippen LogP contribution in [0.2, 0.25) is 0 Å². The second-order valence-corrected chi connectivity index (χ2v) is 11.5. The molecule has 2 aliphatic heterocycles. The molecule has 2 aliphatic rings. The van der Waals surface area contributed by atoms with Crippen molar-refractivity contribution < 1.29 is 29.3 Å². The van der Waals surface area contributed by atoms with Crippen molar-refractivity contribution in [2.75, 3.05) is 12.9 Å². The summed E-state index contributed by atoms with van der Waals surface area (Å²) >= 11 is 2.90. The highest BCUT2D eigenvalue weighted by Gasteiger charge is 2.66. The number of hydrogen-bond donors (Lipinski definition) is 2. The number of aryl methyl sites for hydroxylation is 1. The lowest BCUT2D eigenvalue weighted by Crippen LogP contribution is -2.66. The molecule has 1 amide bonds. The lowest BCUT2D eigenvalue weighted by molar-refractivity contribution is -0.167. The van der Waals surface area contributed by atoms with Crippen molar-refractivity contribution in [2.24, 2.45) is 11.3 Å². The largest absolute Gasteiger partial charge is 0.477 e. The van der Waals surface area contributed by atoms with Gasteiger partial charge in [0.15, 0.2) is 0 Å². The summed E-state index contributed by atoms with van der Waals surface area (Å²) in [7, 11) is 0. The van der Waals surface area contributed by atoms with Crippen LogP contribution in [0.25, 0.3) is 10.4 Å². The number of thiazole rings is 1. The van der Waals surface area contributed by atoms with E-state index in [1.165, 1.54) is 28.0 Å². The van der Waals surface area contributed by atoms with E-state index in [1.807, 2.05) is 42.8 Å². The number of imidazole rings is 1. The highest BCUT2D eigenvalue weighted by molar-refractivity contribution is 7.98. The van der Waals surface area contributed by atoms with Gasteiger partial charge in [0.25, 0.3) is 0 Å². The van der Waals surface area contributed by atoms with Crippen molar-refractivity contribution in [3.8, 4) is 0 Å². The van der Waals surface area contributed by atoms with Crippen LogP contribution in [0.1, 0.15) is 41.1 Å². The number of esters is 1. The minimum atomic E-state index is -1.21. The Hall–Kier alpha value is -3.15. The molecule has 1 unspecified atom stereocenters. The summed E-state index contributed by atoms with van der Waals surface area (Å²) in [6.07, 6.45) is 4.75. The van der Waals surface area contributed by atoms with Gasteiger partial charge >= 0.3 is 11.9 Å². The summed E-state index contributed by atoms with van der Waals surface area (Å²) in [5, 5.41) is 21.5. The van der Waals surface area contributed by atoms with Crippen LogP contribution in [-0.4, -0.2) is 67.4 Å². The smallest absolute Gasteiger partial charge is 0.352 e. The SMILES string of the molecule is CSc1ncn2cc(C3=C(C(=O)O)N4C(=O)[C@H]([C@@H](C)O)[C@@H]4C3(C)CCOC(=O)c3ccccc3C)sc12. The molecule has 0 radical (unpaired) electrons. The van der Waals surface area contributed by atoms with Crippen molar-refractivity contribution in [3.05, 3.63) is 58.5 Å². The third-order valence-corrected chi connectivity index (χ3v) is 9.35.